The van der Waals surface area contributed by atoms with Gasteiger partial charge in [0.2, 0.25) is 0 Å². The first-order valence-corrected chi connectivity index (χ1v) is 4.60. The second-order valence-electron chi connectivity index (χ2n) is 2.28. The average molecular weight is 229 g/mol. The topological polar surface area (TPSA) is 42.9 Å². The molecule has 0 aliphatic heterocycles. The molecule has 4 heteroatoms. The van der Waals surface area contributed by atoms with Gasteiger partial charge in [0, 0.05) is 12.4 Å². The molecule has 0 aliphatic rings. The van der Waals surface area contributed by atoms with Gasteiger partial charge in [-0.1, -0.05) is 22.9 Å². The number of carbonyl (C=O) groups excluding carboxylic acids is 1. The molecule has 0 saturated carbocycles. The van der Waals surface area contributed by atoms with Crippen LogP contribution in [-0.2, 0) is 11.2 Å². The van der Waals surface area contributed by atoms with E-state index in [2.05, 4.69) is 25.9 Å². The summed E-state index contributed by atoms with van der Waals surface area (Å²) in [4.78, 5) is 18.3. The Morgan fingerprint density at radius 1 is 1.58 bits per heavy atom. The molecule has 12 heavy (non-hydrogen) atoms. The van der Waals surface area contributed by atoms with Gasteiger partial charge in [-0.05, 0) is 6.42 Å². The first kappa shape index (κ1) is 9.32. The molecule has 1 heterocycles. The van der Waals surface area contributed by atoms with E-state index in [1.807, 2.05) is 6.92 Å². The monoisotopic (exact) mass is 228 g/mol. The summed E-state index contributed by atoms with van der Waals surface area (Å²) in [7, 11) is 0. The number of nitrogens with zero attached hydrogens (tertiary/aromatic N) is 2. The molecule has 0 N–H and O–H groups in total. The van der Waals surface area contributed by atoms with E-state index >= 15 is 0 Å². The molecular formula is C8H9BrN2O. The summed E-state index contributed by atoms with van der Waals surface area (Å²) in [5, 5.41) is 0. The minimum Gasteiger partial charge on any atom is -0.302 e. The number of aldehydes is 1. The Hall–Kier alpha value is -0.770. The van der Waals surface area contributed by atoms with Crippen molar-refractivity contribution in [1.29, 1.82) is 0 Å². The van der Waals surface area contributed by atoms with E-state index < -0.39 is 0 Å². The van der Waals surface area contributed by atoms with Gasteiger partial charge in [-0.15, -0.1) is 0 Å². The highest BCUT2D eigenvalue weighted by molar-refractivity contribution is 9.09. The van der Waals surface area contributed by atoms with Gasteiger partial charge >= 0.3 is 0 Å². The second-order valence-corrected chi connectivity index (χ2v) is 3.27. The third kappa shape index (κ3) is 1.88. The largest absolute Gasteiger partial charge is 0.302 e. The SMILES string of the molecule is CCc1nccnc1C(Br)C=O. The van der Waals surface area contributed by atoms with Gasteiger partial charge in [-0.25, -0.2) is 0 Å². The molecule has 64 valence electrons. The van der Waals surface area contributed by atoms with E-state index in [1.165, 1.54) is 0 Å². The number of carbonyl (C=O) groups is 1. The normalized spacial score (nSPS) is 12.5. The van der Waals surface area contributed by atoms with Crippen LogP contribution >= 0.6 is 15.9 Å². The fraction of sp³-hybridized carbons (Fsp3) is 0.375. The average Bonchev–Trinajstić information content (AvgIpc) is 2.16. The standard InChI is InChI=1S/C8H9BrN2O/c1-2-7-8(6(9)5-12)11-4-3-10-7/h3-6H,2H2,1H3. The molecule has 0 spiro atoms. The Labute approximate surface area is 79.4 Å². The van der Waals surface area contributed by atoms with Crippen molar-refractivity contribution in [3.8, 4) is 0 Å². The summed E-state index contributed by atoms with van der Waals surface area (Å²) in [6.07, 6.45) is 4.82. The molecule has 0 aliphatic carbocycles. The van der Waals surface area contributed by atoms with Crippen molar-refractivity contribution in [2.45, 2.75) is 18.2 Å². The van der Waals surface area contributed by atoms with Gasteiger partial charge in [0.15, 0.2) is 0 Å². The van der Waals surface area contributed by atoms with Crippen LogP contribution in [0.25, 0.3) is 0 Å². The summed E-state index contributed by atoms with van der Waals surface area (Å²) in [5.74, 6) is 0. The number of aryl methyl sites for hydroxylation is 1. The van der Waals surface area contributed by atoms with Gasteiger partial charge in [-0.3, -0.25) is 9.97 Å². The minimum atomic E-state index is -0.332. The number of hydrogen-bond acceptors (Lipinski definition) is 3. The van der Waals surface area contributed by atoms with Crippen molar-refractivity contribution in [3.63, 3.8) is 0 Å². The Bertz CT molecular complexity index is 278. The van der Waals surface area contributed by atoms with E-state index in [-0.39, 0.29) is 4.83 Å². The summed E-state index contributed by atoms with van der Waals surface area (Å²) in [5.41, 5.74) is 1.58. The number of halogens is 1. The molecular weight excluding hydrogens is 220 g/mol. The fourth-order valence-corrected chi connectivity index (χ4v) is 1.33. The van der Waals surface area contributed by atoms with Crippen LogP contribution in [0, 0.1) is 0 Å². The van der Waals surface area contributed by atoms with Crippen LogP contribution in [0.3, 0.4) is 0 Å². The van der Waals surface area contributed by atoms with Crippen LogP contribution in [0.5, 0.6) is 0 Å². The third-order valence-corrected chi connectivity index (χ3v) is 2.17. The van der Waals surface area contributed by atoms with Gasteiger partial charge in [0.25, 0.3) is 0 Å². The molecule has 1 aromatic rings. The molecule has 1 atom stereocenters. The summed E-state index contributed by atoms with van der Waals surface area (Å²) < 4.78 is 0. The van der Waals surface area contributed by atoms with Crippen molar-refractivity contribution in [1.82, 2.24) is 9.97 Å². The molecule has 0 fully saturated rings. The van der Waals surface area contributed by atoms with Crippen LogP contribution in [-0.4, -0.2) is 16.3 Å². The summed E-state index contributed by atoms with van der Waals surface area (Å²) in [6.45, 7) is 1.98. The molecule has 1 rings (SSSR count). The number of hydrogen-bond donors (Lipinski definition) is 0. The Morgan fingerprint density at radius 2 is 2.25 bits per heavy atom. The predicted molar refractivity (Wildman–Crippen MR) is 49.1 cm³/mol. The maximum atomic E-state index is 10.5. The van der Waals surface area contributed by atoms with Crippen LogP contribution in [0.2, 0.25) is 0 Å². The van der Waals surface area contributed by atoms with E-state index in [9.17, 15) is 4.79 Å². The van der Waals surface area contributed by atoms with E-state index in [0.29, 0.717) is 0 Å². The zero-order valence-corrected chi connectivity index (χ0v) is 8.28. The second kappa shape index (κ2) is 4.30. The van der Waals surface area contributed by atoms with E-state index in [0.717, 1.165) is 24.1 Å². The van der Waals surface area contributed by atoms with E-state index in [1.54, 1.807) is 12.4 Å². The minimum absolute atomic E-state index is 0.332. The number of rotatable bonds is 3. The third-order valence-electron chi connectivity index (χ3n) is 1.52. The van der Waals surface area contributed by atoms with Crippen molar-refractivity contribution >= 4 is 22.2 Å². The van der Waals surface area contributed by atoms with Crippen molar-refractivity contribution in [2.24, 2.45) is 0 Å². The zero-order chi connectivity index (χ0) is 8.97. The van der Waals surface area contributed by atoms with Crippen molar-refractivity contribution < 1.29 is 4.79 Å². The van der Waals surface area contributed by atoms with Crippen molar-refractivity contribution in [3.05, 3.63) is 23.8 Å². The van der Waals surface area contributed by atoms with Gasteiger partial charge in [0.05, 0.1) is 11.4 Å². The smallest absolute Gasteiger partial charge is 0.139 e. The predicted octanol–water partition coefficient (Wildman–Crippen LogP) is 1.67. The lowest BCUT2D eigenvalue weighted by Gasteiger charge is -2.05. The lowest BCUT2D eigenvalue weighted by atomic mass is 10.2. The number of aromatic nitrogens is 2. The molecule has 1 unspecified atom stereocenters. The lowest BCUT2D eigenvalue weighted by Crippen LogP contribution is -2.02. The van der Waals surface area contributed by atoms with Crippen LogP contribution in [0.1, 0.15) is 23.1 Å². The molecule has 0 radical (unpaired) electrons. The van der Waals surface area contributed by atoms with Crippen LogP contribution < -0.4 is 0 Å². The van der Waals surface area contributed by atoms with Crippen LogP contribution in [0.15, 0.2) is 12.4 Å². The summed E-state index contributed by atoms with van der Waals surface area (Å²) in [6, 6.07) is 0. The van der Waals surface area contributed by atoms with Crippen molar-refractivity contribution in [2.75, 3.05) is 0 Å². The quantitative estimate of drug-likeness (QED) is 0.584. The Balaban J connectivity index is 3.04. The number of alkyl halides is 1. The van der Waals surface area contributed by atoms with Crippen LogP contribution in [0.4, 0.5) is 0 Å². The first-order chi connectivity index (χ1) is 5.79. The molecule has 0 bridgehead atoms. The van der Waals surface area contributed by atoms with Gasteiger partial charge in [0.1, 0.15) is 11.1 Å². The molecule has 0 saturated heterocycles. The van der Waals surface area contributed by atoms with Gasteiger partial charge < -0.3 is 4.79 Å². The maximum Gasteiger partial charge on any atom is 0.139 e. The Kier molecular flexibility index (Phi) is 3.34. The highest BCUT2D eigenvalue weighted by Crippen LogP contribution is 2.20. The molecule has 3 nitrogen and oxygen atoms in total. The molecule has 0 aromatic carbocycles. The fourth-order valence-electron chi connectivity index (χ4n) is 0.945. The van der Waals surface area contributed by atoms with E-state index in [4.69, 9.17) is 0 Å². The molecule has 1 aromatic heterocycles. The zero-order valence-electron chi connectivity index (χ0n) is 6.70. The molecule has 0 amide bonds. The van der Waals surface area contributed by atoms with Gasteiger partial charge in [-0.2, -0.15) is 0 Å². The maximum absolute atomic E-state index is 10.5. The highest BCUT2D eigenvalue weighted by Gasteiger charge is 2.11. The summed E-state index contributed by atoms with van der Waals surface area (Å²) >= 11 is 3.21. The first-order valence-electron chi connectivity index (χ1n) is 3.68. The highest BCUT2D eigenvalue weighted by atomic mass is 79.9. The Morgan fingerprint density at radius 3 is 2.83 bits per heavy atom. The lowest BCUT2D eigenvalue weighted by molar-refractivity contribution is -0.107.